The van der Waals surface area contributed by atoms with Gasteiger partial charge in [0.1, 0.15) is 5.82 Å². The van der Waals surface area contributed by atoms with Gasteiger partial charge < -0.3 is 10.3 Å². The predicted octanol–water partition coefficient (Wildman–Crippen LogP) is 1.70. The average Bonchev–Trinajstić information content (AvgIpc) is 2.84. The summed E-state index contributed by atoms with van der Waals surface area (Å²) in [6.07, 6.45) is 6.84. The van der Waals surface area contributed by atoms with E-state index in [0.29, 0.717) is 4.75 Å². The van der Waals surface area contributed by atoms with E-state index in [1.165, 1.54) is 18.5 Å². The molecule has 1 fully saturated rings. The normalized spacial score (nSPS) is 18.4. The summed E-state index contributed by atoms with van der Waals surface area (Å²) in [7, 11) is 0. The molecule has 1 aromatic heterocycles. The maximum atomic E-state index is 4.17. The Bertz CT molecular complexity index is 304. The van der Waals surface area contributed by atoms with Crippen molar-refractivity contribution in [3.63, 3.8) is 0 Å². The summed E-state index contributed by atoms with van der Waals surface area (Å²) in [5.74, 6) is 0.993. The highest BCUT2D eigenvalue weighted by Gasteiger charge is 2.41. The van der Waals surface area contributed by atoms with Gasteiger partial charge in [0.25, 0.3) is 0 Å². The number of imidazole rings is 1. The molecule has 0 amide bonds. The van der Waals surface area contributed by atoms with Crippen LogP contribution in [0, 0.1) is 6.92 Å². The standard InChI is InChI=1S/C10H17N3S/c1-8-12-6-9(13-8)5-11-7-10(14-2)3-4-10/h6,11H,3-5,7H2,1-2H3,(H,12,13). The molecular weight excluding hydrogens is 194 g/mol. The lowest BCUT2D eigenvalue weighted by molar-refractivity contribution is 0.654. The molecule has 1 aliphatic carbocycles. The second-order valence-electron chi connectivity index (χ2n) is 3.98. The molecule has 0 saturated heterocycles. The van der Waals surface area contributed by atoms with Crippen LogP contribution in [0.5, 0.6) is 0 Å². The van der Waals surface area contributed by atoms with Gasteiger partial charge in [-0.1, -0.05) is 0 Å². The zero-order valence-electron chi connectivity index (χ0n) is 8.76. The fraction of sp³-hybridized carbons (Fsp3) is 0.700. The fourth-order valence-corrected chi connectivity index (χ4v) is 2.34. The van der Waals surface area contributed by atoms with Crippen LogP contribution in [0.1, 0.15) is 24.4 Å². The maximum absolute atomic E-state index is 4.17. The molecule has 2 rings (SSSR count). The molecule has 14 heavy (non-hydrogen) atoms. The van der Waals surface area contributed by atoms with Gasteiger partial charge in [0.05, 0.1) is 0 Å². The van der Waals surface area contributed by atoms with E-state index in [0.717, 1.165) is 18.9 Å². The van der Waals surface area contributed by atoms with Gasteiger partial charge in [-0.05, 0) is 26.0 Å². The summed E-state index contributed by atoms with van der Waals surface area (Å²) < 4.78 is 0.551. The first kappa shape index (κ1) is 10.1. The molecule has 3 nitrogen and oxygen atoms in total. The smallest absolute Gasteiger partial charge is 0.103 e. The van der Waals surface area contributed by atoms with E-state index < -0.39 is 0 Å². The van der Waals surface area contributed by atoms with Gasteiger partial charge in [-0.25, -0.2) is 4.98 Å². The number of aryl methyl sites for hydroxylation is 1. The van der Waals surface area contributed by atoms with Crippen molar-refractivity contribution in [1.29, 1.82) is 0 Å². The molecule has 2 N–H and O–H groups in total. The van der Waals surface area contributed by atoms with E-state index in [-0.39, 0.29) is 0 Å². The molecule has 0 atom stereocenters. The highest BCUT2D eigenvalue weighted by atomic mass is 32.2. The van der Waals surface area contributed by atoms with Crippen LogP contribution >= 0.6 is 11.8 Å². The molecule has 0 aliphatic heterocycles. The minimum Gasteiger partial charge on any atom is -0.345 e. The average molecular weight is 211 g/mol. The molecule has 1 saturated carbocycles. The second kappa shape index (κ2) is 3.95. The number of hydrogen-bond acceptors (Lipinski definition) is 3. The van der Waals surface area contributed by atoms with Gasteiger partial charge in [0.15, 0.2) is 0 Å². The first-order valence-electron chi connectivity index (χ1n) is 5.00. The predicted molar refractivity (Wildman–Crippen MR) is 60.5 cm³/mol. The molecule has 78 valence electrons. The number of nitrogens with one attached hydrogen (secondary N) is 2. The van der Waals surface area contributed by atoms with Crippen LogP contribution in [0.3, 0.4) is 0 Å². The number of aromatic nitrogens is 2. The van der Waals surface area contributed by atoms with Gasteiger partial charge in [-0.2, -0.15) is 11.8 Å². The first-order valence-corrected chi connectivity index (χ1v) is 6.23. The van der Waals surface area contributed by atoms with E-state index in [1.54, 1.807) is 0 Å². The molecule has 0 aromatic carbocycles. The summed E-state index contributed by atoms with van der Waals surface area (Å²) in [6.45, 7) is 4.00. The first-order chi connectivity index (χ1) is 6.74. The highest BCUT2D eigenvalue weighted by Crippen LogP contribution is 2.46. The Kier molecular flexibility index (Phi) is 2.83. The van der Waals surface area contributed by atoms with Crippen LogP contribution in [0.25, 0.3) is 0 Å². The SMILES string of the molecule is CSC1(CNCc2cnc(C)[nH]2)CC1. The van der Waals surface area contributed by atoms with Crippen LogP contribution in [-0.4, -0.2) is 27.5 Å². The van der Waals surface area contributed by atoms with Gasteiger partial charge >= 0.3 is 0 Å². The fourth-order valence-electron chi connectivity index (χ4n) is 1.58. The summed E-state index contributed by atoms with van der Waals surface area (Å²) >= 11 is 1.99. The summed E-state index contributed by atoms with van der Waals surface area (Å²) in [5, 5.41) is 3.48. The van der Waals surface area contributed by atoms with Crippen molar-refractivity contribution in [3.05, 3.63) is 17.7 Å². The molecule has 1 aromatic rings. The van der Waals surface area contributed by atoms with Crippen molar-refractivity contribution >= 4 is 11.8 Å². The van der Waals surface area contributed by atoms with Crippen LogP contribution in [0.2, 0.25) is 0 Å². The summed E-state index contributed by atoms with van der Waals surface area (Å²) in [5.41, 5.74) is 1.18. The maximum Gasteiger partial charge on any atom is 0.103 e. The third-order valence-electron chi connectivity index (χ3n) is 2.76. The van der Waals surface area contributed by atoms with Crippen LogP contribution < -0.4 is 5.32 Å². The molecule has 1 aliphatic rings. The third kappa shape index (κ3) is 2.30. The largest absolute Gasteiger partial charge is 0.345 e. The number of nitrogens with zero attached hydrogens (tertiary/aromatic N) is 1. The highest BCUT2D eigenvalue weighted by molar-refractivity contribution is 8.00. The van der Waals surface area contributed by atoms with Crippen molar-refractivity contribution in [2.45, 2.75) is 31.1 Å². The number of thioether (sulfide) groups is 1. The van der Waals surface area contributed by atoms with Crippen molar-refractivity contribution in [3.8, 4) is 0 Å². The van der Waals surface area contributed by atoms with Gasteiger partial charge in [-0.15, -0.1) is 0 Å². The number of hydrogen-bond donors (Lipinski definition) is 2. The molecule has 0 radical (unpaired) electrons. The van der Waals surface area contributed by atoms with Gasteiger partial charge in [-0.3, -0.25) is 0 Å². The Morgan fingerprint density at radius 3 is 2.93 bits per heavy atom. The van der Waals surface area contributed by atoms with E-state index in [9.17, 15) is 0 Å². The third-order valence-corrected chi connectivity index (χ3v) is 4.18. The van der Waals surface area contributed by atoms with E-state index in [4.69, 9.17) is 0 Å². The van der Waals surface area contributed by atoms with Gasteiger partial charge in [0.2, 0.25) is 0 Å². The molecule has 4 heteroatoms. The number of rotatable bonds is 5. The van der Waals surface area contributed by atoms with Crippen LogP contribution in [0.15, 0.2) is 6.20 Å². The molecule has 0 bridgehead atoms. The zero-order valence-corrected chi connectivity index (χ0v) is 9.58. The topological polar surface area (TPSA) is 40.7 Å². The minimum absolute atomic E-state index is 0.551. The Balaban J connectivity index is 1.73. The van der Waals surface area contributed by atoms with Crippen LogP contribution in [-0.2, 0) is 6.54 Å². The van der Waals surface area contributed by atoms with Crippen molar-refractivity contribution in [2.75, 3.05) is 12.8 Å². The Morgan fingerprint density at radius 1 is 1.64 bits per heavy atom. The summed E-state index contributed by atoms with van der Waals surface area (Å²) in [4.78, 5) is 7.39. The number of aromatic amines is 1. The van der Waals surface area contributed by atoms with E-state index in [2.05, 4.69) is 21.5 Å². The molecule has 0 spiro atoms. The lowest BCUT2D eigenvalue weighted by Gasteiger charge is -2.11. The Labute approximate surface area is 89.1 Å². The Hall–Kier alpha value is -0.480. The summed E-state index contributed by atoms with van der Waals surface area (Å²) in [6, 6.07) is 0. The van der Waals surface area contributed by atoms with E-state index >= 15 is 0 Å². The minimum atomic E-state index is 0.551. The monoisotopic (exact) mass is 211 g/mol. The lowest BCUT2D eigenvalue weighted by atomic mass is 10.4. The Morgan fingerprint density at radius 2 is 2.43 bits per heavy atom. The molecule has 1 heterocycles. The number of H-pyrrole nitrogens is 1. The van der Waals surface area contributed by atoms with Crippen LogP contribution in [0.4, 0.5) is 0 Å². The quantitative estimate of drug-likeness (QED) is 0.779. The lowest BCUT2D eigenvalue weighted by Crippen LogP contribution is -2.25. The van der Waals surface area contributed by atoms with Gasteiger partial charge in [0, 0.05) is 29.7 Å². The van der Waals surface area contributed by atoms with Crippen molar-refractivity contribution < 1.29 is 0 Å². The van der Waals surface area contributed by atoms with Crippen molar-refractivity contribution in [2.24, 2.45) is 0 Å². The second-order valence-corrected chi connectivity index (χ2v) is 5.26. The van der Waals surface area contributed by atoms with Crippen molar-refractivity contribution in [1.82, 2.24) is 15.3 Å². The molecular formula is C10H17N3S. The zero-order chi connectivity index (χ0) is 10.0. The van der Waals surface area contributed by atoms with E-state index in [1.807, 2.05) is 24.9 Å². The molecule has 0 unspecified atom stereocenters.